The van der Waals surface area contributed by atoms with Crippen molar-refractivity contribution in [1.29, 1.82) is 0 Å². The van der Waals surface area contributed by atoms with Gasteiger partial charge in [0, 0.05) is 66.1 Å². The molecular formula is C24H21Cl2N5S2. The second-order valence-electron chi connectivity index (χ2n) is 7.62. The average molecular weight is 515 g/mol. The van der Waals surface area contributed by atoms with Gasteiger partial charge in [-0.25, -0.2) is 9.97 Å². The first kappa shape index (κ1) is 22.4. The topological polar surface area (TPSA) is 38.9 Å². The molecular weight excluding hydrogens is 493 g/mol. The Morgan fingerprint density at radius 3 is 1.91 bits per heavy atom. The second kappa shape index (κ2) is 9.83. The first-order valence-corrected chi connectivity index (χ1v) is 12.9. The number of halogens is 2. The first-order chi connectivity index (χ1) is 16.1. The number of benzene rings is 1. The number of nitrogens with zero attached hydrogens (tertiary/aromatic N) is 5. The molecule has 33 heavy (non-hydrogen) atoms. The summed E-state index contributed by atoms with van der Waals surface area (Å²) >= 11 is 15.8. The molecule has 0 saturated heterocycles. The Morgan fingerprint density at radius 2 is 1.42 bits per heavy atom. The molecule has 5 aromatic rings. The first-order valence-electron chi connectivity index (χ1n) is 10.4. The van der Waals surface area contributed by atoms with Crippen molar-refractivity contribution < 1.29 is 0 Å². The summed E-state index contributed by atoms with van der Waals surface area (Å²) in [4.78, 5) is 11.4. The minimum atomic E-state index is 0.0963. The molecule has 0 N–H and O–H groups in total. The van der Waals surface area contributed by atoms with Gasteiger partial charge in [-0.3, -0.25) is 14.0 Å². The van der Waals surface area contributed by atoms with Crippen LogP contribution in [0, 0.1) is 0 Å². The lowest BCUT2D eigenvalue weighted by Gasteiger charge is -2.30. The van der Waals surface area contributed by atoms with E-state index in [0.29, 0.717) is 10.0 Å². The molecule has 0 radical (unpaired) electrons. The highest BCUT2D eigenvalue weighted by molar-refractivity contribution is 7.12. The zero-order valence-electron chi connectivity index (χ0n) is 17.8. The minimum Gasteiger partial charge on any atom is -0.296 e. The normalized spacial score (nSPS) is 12.5. The van der Waals surface area contributed by atoms with Gasteiger partial charge in [-0.2, -0.15) is 0 Å². The van der Waals surface area contributed by atoms with Gasteiger partial charge in [-0.15, -0.1) is 22.7 Å². The summed E-state index contributed by atoms with van der Waals surface area (Å²) in [6.45, 7) is 3.67. The van der Waals surface area contributed by atoms with Gasteiger partial charge in [-0.05, 0) is 48.9 Å². The summed E-state index contributed by atoms with van der Waals surface area (Å²) in [5.74, 6) is 0. The summed E-state index contributed by atoms with van der Waals surface area (Å²) < 4.78 is 4.30. The maximum absolute atomic E-state index is 6.36. The third-order valence-corrected chi connectivity index (χ3v) is 7.90. The molecule has 1 atom stereocenters. The molecule has 0 aliphatic heterocycles. The van der Waals surface area contributed by atoms with Crippen molar-refractivity contribution in [3.8, 4) is 10.3 Å². The van der Waals surface area contributed by atoms with Gasteiger partial charge in [-0.1, -0.05) is 29.3 Å². The van der Waals surface area contributed by atoms with E-state index in [9.17, 15) is 0 Å². The highest BCUT2D eigenvalue weighted by Gasteiger charge is 2.21. The summed E-state index contributed by atoms with van der Waals surface area (Å²) in [5, 5.41) is 7.05. The van der Waals surface area contributed by atoms with Crippen molar-refractivity contribution in [1.82, 2.24) is 24.0 Å². The van der Waals surface area contributed by atoms with Gasteiger partial charge >= 0.3 is 0 Å². The number of aromatic nitrogens is 4. The molecule has 5 rings (SSSR count). The van der Waals surface area contributed by atoms with Crippen LogP contribution in [0.2, 0.25) is 10.0 Å². The Bertz CT molecular complexity index is 1250. The molecule has 1 unspecified atom stereocenters. The maximum Gasteiger partial charge on any atom is 0.193 e. The van der Waals surface area contributed by atoms with Crippen LogP contribution < -0.4 is 0 Å². The van der Waals surface area contributed by atoms with Crippen LogP contribution in [-0.4, -0.2) is 24.0 Å². The predicted octanol–water partition coefficient (Wildman–Crippen LogP) is 7.25. The van der Waals surface area contributed by atoms with E-state index in [4.69, 9.17) is 23.2 Å². The molecule has 1 aromatic carbocycles. The number of hydrogen-bond acceptors (Lipinski definition) is 5. The molecule has 5 nitrogen and oxygen atoms in total. The molecule has 0 amide bonds. The quantitative estimate of drug-likeness (QED) is 0.219. The van der Waals surface area contributed by atoms with Gasteiger partial charge in [0.05, 0.1) is 10.0 Å². The van der Waals surface area contributed by atoms with Gasteiger partial charge in [0.1, 0.15) is 0 Å². The fraction of sp³-hybridized carbons (Fsp3) is 0.167. The van der Waals surface area contributed by atoms with Crippen molar-refractivity contribution in [3.63, 3.8) is 0 Å². The number of hydrogen-bond donors (Lipinski definition) is 0. The molecule has 4 aromatic heterocycles. The highest BCUT2D eigenvalue weighted by Crippen LogP contribution is 2.31. The molecule has 9 heteroatoms. The zero-order chi connectivity index (χ0) is 22.8. The third-order valence-electron chi connectivity index (χ3n) is 5.62. The smallest absolute Gasteiger partial charge is 0.193 e. The molecule has 0 bridgehead atoms. The predicted molar refractivity (Wildman–Crippen MR) is 137 cm³/mol. The highest BCUT2D eigenvalue weighted by atomic mass is 35.5. The Hall–Kier alpha value is -2.42. The van der Waals surface area contributed by atoms with Crippen LogP contribution in [0.3, 0.4) is 0 Å². The molecule has 0 aliphatic carbocycles. The van der Waals surface area contributed by atoms with Crippen LogP contribution in [0.15, 0.2) is 78.0 Å². The van der Waals surface area contributed by atoms with E-state index in [1.807, 2.05) is 41.4 Å². The van der Waals surface area contributed by atoms with E-state index in [1.54, 1.807) is 22.7 Å². The molecule has 0 saturated carbocycles. The standard InChI is InChI=1S/C24H21Cl2N5S2/c1-17(18-6-7-21(25)22(26)14-18)29(15-19-4-2-10-30(19)23-27-8-12-32-23)16-20-5-3-11-31(20)24-28-9-13-33-24/h2-14,17H,15-16H2,1H3. The Labute approximate surface area is 210 Å². The van der Waals surface area contributed by atoms with E-state index in [1.165, 1.54) is 11.4 Å². The lowest BCUT2D eigenvalue weighted by Crippen LogP contribution is -2.28. The molecule has 0 aliphatic rings. The Balaban J connectivity index is 1.50. The maximum atomic E-state index is 6.36. The minimum absolute atomic E-state index is 0.0963. The molecule has 0 spiro atoms. The Kier molecular flexibility index (Phi) is 6.66. The molecule has 168 valence electrons. The van der Waals surface area contributed by atoms with Crippen molar-refractivity contribution in [3.05, 3.63) is 105 Å². The van der Waals surface area contributed by atoms with Crippen molar-refractivity contribution in [2.75, 3.05) is 0 Å². The lowest BCUT2D eigenvalue weighted by molar-refractivity contribution is 0.185. The van der Waals surface area contributed by atoms with Crippen LogP contribution in [-0.2, 0) is 13.1 Å². The largest absolute Gasteiger partial charge is 0.296 e. The summed E-state index contributed by atoms with van der Waals surface area (Å²) in [6.07, 6.45) is 7.80. The van der Waals surface area contributed by atoms with Crippen molar-refractivity contribution in [2.24, 2.45) is 0 Å². The summed E-state index contributed by atoms with van der Waals surface area (Å²) in [5.41, 5.74) is 3.46. The number of thiazole rings is 2. The Morgan fingerprint density at radius 1 is 0.848 bits per heavy atom. The average Bonchev–Trinajstić information content (AvgIpc) is 3.61. The van der Waals surface area contributed by atoms with Gasteiger partial charge < -0.3 is 0 Å². The summed E-state index contributed by atoms with van der Waals surface area (Å²) in [6, 6.07) is 14.4. The van der Waals surface area contributed by atoms with Gasteiger partial charge in [0.25, 0.3) is 0 Å². The third kappa shape index (κ3) is 4.78. The van der Waals surface area contributed by atoms with E-state index >= 15 is 0 Å². The molecule has 0 fully saturated rings. The van der Waals surface area contributed by atoms with E-state index in [2.05, 4.69) is 67.6 Å². The van der Waals surface area contributed by atoms with E-state index < -0.39 is 0 Å². The fourth-order valence-corrected chi connectivity index (χ4v) is 5.48. The van der Waals surface area contributed by atoms with E-state index in [-0.39, 0.29) is 6.04 Å². The second-order valence-corrected chi connectivity index (χ2v) is 10.2. The van der Waals surface area contributed by atoms with Crippen LogP contribution in [0.1, 0.15) is 29.9 Å². The van der Waals surface area contributed by atoms with Crippen LogP contribution >= 0.6 is 45.9 Å². The van der Waals surface area contributed by atoms with Crippen molar-refractivity contribution in [2.45, 2.75) is 26.1 Å². The zero-order valence-corrected chi connectivity index (χ0v) is 21.0. The monoisotopic (exact) mass is 513 g/mol. The SMILES string of the molecule is CC(c1ccc(Cl)c(Cl)c1)N(Cc1cccn1-c1nccs1)Cc1cccn1-c1nccs1. The van der Waals surface area contributed by atoms with Gasteiger partial charge in [0.15, 0.2) is 10.3 Å². The van der Waals surface area contributed by atoms with Crippen LogP contribution in [0.4, 0.5) is 0 Å². The molecule has 4 heterocycles. The fourth-order valence-electron chi connectivity index (χ4n) is 3.86. The van der Waals surface area contributed by atoms with Crippen LogP contribution in [0.5, 0.6) is 0 Å². The summed E-state index contributed by atoms with van der Waals surface area (Å²) in [7, 11) is 0. The van der Waals surface area contributed by atoms with Gasteiger partial charge in [0.2, 0.25) is 0 Å². The van der Waals surface area contributed by atoms with Crippen LogP contribution in [0.25, 0.3) is 10.3 Å². The van der Waals surface area contributed by atoms with Crippen molar-refractivity contribution >= 4 is 45.9 Å². The lowest BCUT2D eigenvalue weighted by atomic mass is 10.1. The number of rotatable bonds is 8. The van der Waals surface area contributed by atoms with E-state index in [0.717, 1.165) is 28.9 Å².